The Morgan fingerprint density at radius 2 is 2.21 bits per heavy atom. The summed E-state index contributed by atoms with van der Waals surface area (Å²) in [5, 5.41) is 12.2. The van der Waals surface area contributed by atoms with Gasteiger partial charge in [-0.25, -0.2) is 4.79 Å². The van der Waals surface area contributed by atoms with E-state index in [1.54, 1.807) is 20.0 Å². The van der Waals surface area contributed by atoms with Gasteiger partial charge in [-0.1, -0.05) is 6.07 Å². The zero-order chi connectivity index (χ0) is 14.3. The Morgan fingerprint density at radius 3 is 2.79 bits per heavy atom. The van der Waals surface area contributed by atoms with Crippen LogP contribution in [0.5, 0.6) is 5.75 Å². The lowest BCUT2D eigenvalue weighted by atomic mass is 9.88. The molecule has 0 aromatic heterocycles. The first kappa shape index (κ1) is 15.3. The lowest BCUT2D eigenvalue weighted by Crippen LogP contribution is -2.29. The van der Waals surface area contributed by atoms with Crippen LogP contribution in [0.3, 0.4) is 0 Å². The summed E-state index contributed by atoms with van der Waals surface area (Å²) in [6, 6.07) is 5.51. The molecule has 0 atom stereocenters. The number of esters is 1. The lowest BCUT2D eigenvalue weighted by molar-refractivity contribution is -0.134. The summed E-state index contributed by atoms with van der Waals surface area (Å²) in [5.41, 5.74) is 1.78. The average Bonchev–Trinajstić information content (AvgIpc) is 2.42. The Bertz CT molecular complexity index is 460. The van der Waals surface area contributed by atoms with Crippen molar-refractivity contribution in [1.29, 1.82) is 0 Å². The van der Waals surface area contributed by atoms with Gasteiger partial charge in [0.25, 0.3) is 0 Å². The Hall–Kier alpha value is -1.79. The molecule has 0 bridgehead atoms. The number of carbonyl (C=O) groups is 1. The van der Waals surface area contributed by atoms with Crippen molar-refractivity contribution in [3.63, 3.8) is 0 Å². The van der Waals surface area contributed by atoms with Gasteiger partial charge in [0.1, 0.15) is 5.75 Å². The number of ether oxygens (including phenoxy) is 2. The second-order valence-electron chi connectivity index (χ2n) is 3.98. The molecule has 2 N–H and O–H groups in total. The van der Waals surface area contributed by atoms with Gasteiger partial charge in [-0.15, -0.1) is 0 Å². The number of carbonyl (C=O) groups excluding carboxylic acids is 1. The minimum Gasteiger partial charge on any atom is -0.497 e. The fourth-order valence-corrected chi connectivity index (χ4v) is 1.51. The SMILES string of the molecule is COC(=O)C=Cc1ccc(OC)cc1CNB(C)O. The smallest absolute Gasteiger partial charge is 0.373 e. The van der Waals surface area contributed by atoms with E-state index >= 15 is 0 Å². The number of nitrogens with one attached hydrogen (secondary N) is 1. The van der Waals surface area contributed by atoms with Gasteiger partial charge in [-0.2, -0.15) is 0 Å². The highest BCUT2D eigenvalue weighted by Crippen LogP contribution is 2.19. The van der Waals surface area contributed by atoms with E-state index in [0.717, 1.165) is 16.9 Å². The Kier molecular flexibility index (Phi) is 6.11. The van der Waals surface area contributed by atoms with Crippen molar-refractivity contribution in [3.8, 4) is 5.75 Å². The zero-order valence-electron chi connectivity index (χ0n) is 11.3. The third-order valence-corrected chi connectivity index (χ3v) is 2.54. The quantitative estimate of drug-likeness (QED) is 0.456. The van der Waals surface area contributed by atoms with Crippen LogP contribution in [0.25, 0.3) is 6.08 Å². The number of hydrogen-bond donors (Lipinski definition) is 2. The third kappa shape index (κ3) is 5.15. The molecule has 0 saturated carbocycles. The van der Waals surface area contributed by atoms with Gasteiger partial charge in [-0.05, 0) is 36.2 Å². The molecule has 0 fully saturated rings. The third-order valence-electron chi connectivity index (χ3n) is 2.54. The molecule has 19 heavy (non-hydrogen) atoms. The zero-order valence-corrected chi connectivity index (χ0v) is 11.3. The summed E-state index contributed by atoms with van der Waals surface area (Å²) in [7, 11) is 2.31. The maximum atomic E-state index is 11.1. The van der Waals surface area contributed by atoms with Crippen LogP contribution >= 0.6 is 0 Å². The standard InChI is InChI=1S/C13H18BNO4/c1-14(17)15-9-11-8-12(18-2)6-4-10(11)5-7-13(16)19-3/h4-8,15,17H,9H2,1-3H3. The fraction of sp³-hybridized carbons (Fsp3) is 0.308. The van der Waals surface area contributed by atoms with Crippen LogP contribution in [-0.4, -0.2) is 32.3 Å². The van der Waals surface area contributed by atoms with Crippen LogP contribution in [0, 0.1) is 0 Å². The van der Waals surface area contributed by atoms with E-state index in [9.17, 15) is 9.82 Å². The molecular formula is C13H18BNO4. The molecule has 0 saturated heterocycles. The molecular weight excluding hydrogens is 245 g/mol. The van der Waals surface area contributed by atoms with E-state index in [1.165, 1.54) is 13.2 Å². The normalized spacial score (nSPS) is 10.5. The van der Waals surface area contributed by atoms with Crippen LogP contribution in [0.2, 0.25) is 6.82 Å². The van der Waals surface area contributed by atoms with Crippen LogP contribution in [-0.2, 0) is 16.1 Å². The molecule has 0 aliphatic rings. The predicted octanol–water partition coefficient (Wildman–Crippen LogP) is 1.08. The van der Waals surface area contributed by atoms with Crippen molar-refractivity contribution in [2.24, 2.45) is 0 Å². The lowest BCUT2D eigenvalue weighted by Gasteiger charge is -2.10. The van der Waals surface area contributed by atoms with Gasteiger partial charge in [-0.3, -0.25) is 0 Å². The molecule has 0 aliphatic carbocycles. The summed E-state index contributed by atoms with van der Waals surface area (Å²) in [6.45, 7) is 2.11. The van der Waals surface area contributed by atoms with Gasteiger partial charge in [0.2, 0.25) is 0 Å². The molecule has 0 aliphatic heterocycles. The Morgan fingerprint density at radius 1 is 1.47 bits per heavy atom. The van der Waals surface area contributed by atoms with Crippen LogP contribution in [0.1, 0.15) is 11.1 Å². The number of benzene rings is 1. The molecule has 102 valence electrons. The van der Waals surface area contributed by atoms with Gasteiger partial charge in [0, 0.05) is 12.6 Å². The van der Waals surface area contributed by atoms with Gasteiger partial charge < -0.3 is 19.7 Å². The first-order valence-electron chi connectivity index (χ1n) is 5.91. The minimum absolute atomic E-state index is 0.412. The van der Waals surface area contributed by atoms with Crippen molar-refractivity contribution < 1.29 is 19.3 Å². The van der Waals surface area contributed by atoms with Gasteiger partial charge >= 0.3 is 13.0 Å². The highest BCUT2D eigenvalue weighted by molar-refractivity contribution is 6.45. The Balaban J connectivity index is 2.94. The molecule has 0 unspecified atom stereocenters. The monoisotopic (exact) mass is 263 g/mol. The van der Waals surface area contributed by atoms with Crippen LogP contribution in [0.15, 0.2) is 24.3 Å². The van der Waals surface area contributed by atoms with E-state index < -0.39 is 13.0 Å². The first-order valence-corrected chi connectivity index (χ1v) is 5.91. The molecule has 6 heteroatoms. The summed E-state index contributed by atoms with van der Waals surface area (Å²) in [5.74, 6) is 0.308. The molecule has 0 radical (unpaired) electrons. The van der Waals surface area contributed by atoms with Crippen molar-refractivity contribution >= 4 is 19.1 Å². The largest absolute Gasteiger partial charge is 0.497 e. The van der Waals surface area contributed by atoms with E-state index in [1.807, 2.05) is 18.2 Å². The van der Waals surface area contributed by atoms with Crippen molar-refractivity contribution in [1.82, 2.24) is 5.23 Å². The summed E-state index contributed by atoms with van der Waals surface area (Å²) >= 11 is 0. The maximum Gasteiger partial charge on any atom is 0.373 e. The number of hydrogen-bond acceptors (Lipinski definition) is 5. The summed E-state index contributed by atoms with van der Waals surface area (Å²) in [4.78, 5) is 11.1. The molecule has 0 heterocycles. The number of rotatable bonds is 6. The van der Waals surface area contributed by atoms with Crippen LogP contribution < -0.4 is 9.96 Å². The van der Waals surface area contributed by atoms with E-state index in [2.05, 4.69) is 9.96 Å². The van der Waals surface area contributed by atoms with Gasteiger partial charge in [0.05, 0.1) is 14.2 Å². The van der Waals surface area contributed by atoms with E-state index in [4.69, 9.17) is 4.74 Å². The van der Waals surface area contributed by atoms with Crippen molar-refractivity contribution in [2.45, 2.75) is 13.4 Å². The number of methoxy groups -OCH3 is 2. The van der Waals surface area contributed by atoms with E-state index in [0.29, 0.717) is 6.54 Å². The molecule has 1 rings (SSSR count). The molecule has 0 spiro atoms. The van der Waals surface area contributed by atoms with Crippen molar-refractivity contribution in [3.05, 3.63) is 35.4 Å². The fourth-order valence-electron chi connectivity index (χ4n) is 1.51. The minimum atomic E-state index is -0.608. The second-order valence-corrected chi connectivity index (χ2v) is 3.98. The van der Waals surface area contributed by atoms with Crippen molar-refractivity contribution in [2.75, 3.05) is 14.2 Å². The molecule has 1 aromatic carbocycles. The Labute approximate surface area is 113 Å². The summed E-state index contributed by atoms with van der Waals surface area (Å²) in [6.07, 6.45) is 3.03. The highest BCUT2D eigenvalue weighted by atomic mass is 16.5. The summed E-state index contributed by atoms with van der Waals surface area (Å²) < 4.78 is 9.71. The second kappa shape index (κ2) is 7.61. The molecule has 1 aromatic rings. The highest BCUT2D eigenvalue weighted by Gasteiger charge is 2.06. The average molecular weight is 263 g/mol. The predicted molar refractivity (Wildman–Crippen MR) is 74.7 cm³/mol. The maximum absolute atomic E-state index is 11.1. The van der Waals surface area contributed by atoms with Gasteiger partial charge in [0.15, 0.2) is 0 Å². The molecule has 5 nitrogen and oxygen atoms in total. The van der Waals surface area contributed by atoms with Crippen LogP contribution in [0.4, 0.5) is 0 Å². The molecule has 0 amide bonds. The topological polar surface area (TPSA) is 67.8 Å². The first-order chi connectivity index (χ1) is 9.06. The van der Waals surface area contributed by atoms with E-state index in [-0.39, 0.29) is 0 Å².